The minimum absolute atomic E-state index is 0.116. The minimum Gasteiger partial charge on any atom is -0.497 e. The molecular formula is C22H23N3O4. The van der Waals surface area contributed by atoms with Gasteiger partial charge in [-0.1, -0.05) is 12.1 Å². The summed E-state index contributed by atoms with van der Waals surface area (Å²) >= 11 is 0. The maximum atomic E-state index is 12.2. The number of pyridine rings is 1. The van der Waals surface area contributed by atoms with E-state index in [1.165, 1.54) is 0 Å². The number of rotatable bonds is 8. The van der Waals surface area contributed by atoms with Crippen LogP contribution in [0.1, 0.15) is 5.56 Å². The summed E-state index contributed by atoms with van der Waals surface area (Å²) in [6, 6.07) is 16.4. The summed E-state index contributed by atoms with van der Waals surface area (Å²) in [4.78, 5) is 16.6. The van der Waals surface area contributed by atoms with E-state index in [2.05, 4.69) is 15.6 Å². The quantitative estimate of drug-likeness (QED) is 0.601. The lowest BCUT2D eigenvalue weighted by atomic mass is 10.1. The summed E-state index contributed by atoms with van der Waals surface area (Å²) in [5.74, 6) is 2.62. The van der Waals surface area contributed by atoms with Crippen LogP contribution < -0.4 is 24.8 Å². The zero-order valence-corrected chi connectivity index (χ0v) is 16.6. The third-order valence-corrected chi connectivity index (χ3v) is 4.24. The zero-order valence-electron chi connectivity index (χ0n) is 16.6. The highest BCUT2D eigenvalue weighted by Crippen LogP contribution is 2.31. The van der Waals surface area contributed by atoms with Crippen molar-refractivity contribution in [3.63, 3.8) is 0 Å². The van der Waals surface area contributed by atoms with Gasteiger partial charge >= 0.3 is 0 Å². The number of carbonyl (C=O) groups is 1. The first-order valence-electron chi connectivity index (χ1n) is 8.99. The highest BCUT2D eigenvalue weighted by atomic mass is 16.5. The third-order valence-electron chi connectivity index (χ3n) is 4.24. The molecule has 0 atom stereocenters. The maximum absolute atomic E-state index is 12.2. The Hall–Kier alpha value is -3.74. The Kier molecular flexibility index (Phi) is 6.52. The second kappa shape index (κ2) is 9.45. The number of hydrogen-bond acceptors (Lipinski definition) is 6. The van der Waals surface area contributed by atoms with E-state index >= 15 is 0 Å². The molecule has 0 aliphatic carbocycles. The van der Waals surface area contributed by atoms with Crippen LogP contribution in [-0.4, -0.2) is 32.2 Å². The van der Waals surface area contributed by atoms with E-state index in [0.29, 0.717) is 23.0 Å². The van der Waals surface area contributed by atoms with Crippen LogP contribution in [0.3, 0.4) is 0 Å². The second-order valence-corrected chi connectivity index (χ2v) is 6.20. The number of aromatic nitrogens is 1. The van der Waals surface area contributed by atoms with E-state index in [0.717, 1.165) is 17.0 Å². The normalized spacial score (nSPS) is 10.2. The van der Waals surface area contributed by atoms with Crippen molar-refractivity contribution < 1.29 is 19.0 Å². The lowest BCUT2D eigenvalue weighted by Crippen LogP contribution is -2.14. The molecule has 150 valence electrons. The van der Waals surface area contributed by atoms with Crippen molar-refractivity contribution in [2.24, 2.45) is 0 Å². The van der Waals surface area contributed by atoms with Gasteiger partial charge < -0.3 is 24.8 Å². The van der Waals surface area contributed by atoms with Crippen LogP contribution in [0.15, 0.2) is 60.8 Å². The van der Waals surface area contributed by atoms with E-state index in [1.807, 2.05) is 36.4 Å². The largest absolute Gasteiger partial charge is 0.497 e. The van der Waals surface area contributed by atoms with Gasteiger partial charge in [-0.2, -0.15) is 0 Å². The first kappa shape index (κ1) is 20.0. The van der Waals surface area contributed by atoms with Crippen LogP contribution >= 0.6 is 0 Å². The molecule has 0 saturated heterocycles. The number of ether oxygens (including phenoxy) is 3. The molecule has 0 aliphatic heterocycles. The molecule has 0 aliphatic rings. The Labute approximate surface area is 169 Å². The number of carbonyl (C=O) groups excluding carboxylic acids is 1. The molecule has 7 heteroatoms. The Balaban J connectivity index is 1.60. The zero-order chi connectivity index (χ0) is 20.6. The fourth-order valence-corrected chi connectivity index (χ4v) is 2.72. The molecule has 0 saturated carbocycles. The highest BCUT2D eigenvalue weighted by molar-refractivity contribution is 5.92. The van der Waals surface area contributed by atoms with Crippen LogP contribution in [0, 0.1) is 0 Å². The monoisotopic (exact) mass is 393 g/mol. The fraction of sp³-hybridized carbons (Fsp3) is 0.182. The molecule has 0 unspecified atom stereocenters. The summed E-state index contributed by atoms with van der Waals surface area (Å²) in [5.41, 5.74) is 2.29. The van der Waals surface area contributed by atoms with Crippen molar-refractivity contribution in [2.45, 2.75) is 6.42 Å². The number of benzene rings is 2. The first-order chi connectivity index (χ1) is 14.1. The lowest BCUT2D eigenvalue weighted by molar-refractivity contribution is -0.115. The molecule has 3 aromatic rings. The third kappa shape index (κ3) is 5.38. The molecule has 2 aromatic carbocycles. The van der Waals surface area contributed by atoms with Crippen molar-refractivity contribution in [1.82, 2.24) is 4.98 Å². The molecule has 1 heterocycles. The van der Waals surface area contributed by atoms with Crippen molar-refractivity contribution in [3.05, 3.63) is 66.4 Å². The van der Waals surface area contributed by atoms with Gasteiger partial charge in [-0.15, -0.1) is 0 Å². The number of nitrogens with zero attached hydrogens (tertiary/aromatic N) is 1. The number of anilines is 3. The Bertz CT molecular complexity index is 957. The van der Waals surface area contributed by atoms with Crippen molar-refractivity contribution >= 4 is 23.1 Å². The average molecular weight is 393 g/mol. The Morgan fingerprint density at radius 1 is 0.897 bits per heavy atom. The Morgan fingerprint density at radius 2 is 1.62 bits per heavy atom. The second-order valence-electron chi connectivity index (χ2n) is 6.20. The lowest BCUT2D eigenvalue weighted by Gasteiger charge is -2.12. The van der Waals surface area contributed by atoms with E-state index in [9.17, 15) is 4.79 Å². The van der Waals surface area contributed by atoms with Gasteiger partial charge in [0, 0.05) is 6.07 Å². The van der Waals surface area contributed by atoms with Gasteiger partial charge in [-0.3, -0.25) is 4.79 Å². The van der Waals surface area contributed by atoms with Crippen LogP contribution in [-0.2, 0) is 11.2 Å². The highest BCUT2D eigenvalue weighted by Gasteiger charge is 2.08. The summed E-state index contributed by atoms with van der Waals surface area (Å²) in [7, 11) is 4.80. The van der Waals surface area contributed by atoms with Gasteiger partial charge in [0.2, 0.25) is 5.91 Å². The van der Waals surface area contributed by atoms with Crippen LogP contribution in [0.4, 0.5) is 17.2 Å². The van der Waals surface area contributed by atoms with Crippen molar-refractivity contribution in [3.8, 4) is 17.2 Å². The average Bonchev–Trinajstić information content (AvgIpc) is 2.76. The van der Waals surface area contributed by atoms with Gasteiger partial charge in [0.1, 0.15) is 23.1 Å². The molecule has 0 fully saturated rings. The molecule has 29 heavy (non-hydrogen) atoms. The summed E-state index contributed by atoms with van der Waals surface area (Å²) < 4.78 is 15.7. The maximum Gasteiger partial charge on any atom is 0.228 e. The van der Waals surface area contributed by atoms with E-state index < -0.39 is 0 Å². The molecule has 0 spiro atoms. The first-order valence-corrected chi connectivity index (χ1v) is 8.99. The fourth-order valence-electron chi connectivity index (χ4n) is 2.72. The van der Waals surface area contributed by atoms with Crippen molar-refractivity contribution in [2.75, 3.05) is 32.0 Å². The van der Waals surface area contributed by atoms with Gasteiger partial charge in [-0.05, 0) is 42.0 Å². The molecule has 7 nitrogen and oxygen atoms in total. The molecular weight excluding hydrogens is 370 g/mol. The van der Waals surface area contributed by atoms with Crippen LogP contribution in [0.5, 0.6) is 17.2 Å². The summed E-state index contributed by atoms with van der Waals surface area (Å²) in [5, 5.41) is 6.04. The van der Waals surface area contributed by atoms with Gasteiger partial charge in [-0.25, -0.2) is 4.98 Å². The van der Waals surface area contributed by atoms with Crippen molar-refractivity contribution in [1.29, 1.82) is 0 Å². The number of methoxy groups -OCH3 is 3. The topological polar surface area (TPSA) is 81.7 Å². The minimum atomic E-state index is -0.116. The van der Waals surface area contributed by atoms with Crippen LogP contribution in [0.2, 0.25) is 0 Å². The number of nitrogens with one attached hydrogen (secondary N) is 2. The van der Waals surface area contributed by atoms with E-state index in [-0.39, 0.29) is 12.3 Å². The molecule has 2 N–H and O–H groups in total. The van der Waals surface area contributed by atoms with Gasteiger partial charge in [0.25, 0.3) is 0 Å². The number of amides is 1. The molecule has 1 amide bonds. The molecule has 1 aromatic heterocycles. The summed E-state index contributed by atoms with van der Waals surface area (Å²) in [6.07, 6.45) is 1.87. The van der Waals surface area contributed by atoms with E-state index in [1.54, 1.807) is 45.7 Å². The standard InChI is InChI=1S/C22H23N3O4/c1-27-17-7-4-15(5-8-17)12-22(26)24-16-6-11-21(23-14-16)25-19-10-9-18(28-2)13-20(19)29-3/h4-11,13-14H,12H2,1-3H3,(H,23,25)(H,24,26). The molecule has 3 rings (SSSR count). The smallest absolute Gasteiger partial charge is 0.228 e. The summed E-state index contributed by atoms with van der Waals surface area (Å²) in [6.45, 7) is 0. The number of hydrogen-bond donors (Lipinski definition) is 2. The van der Waals surface area contributed by atoms with E-state index in [4.69, 9.17) is 14.2 Å². The Morgan fingerprint density at radius 3 is 2.24 bits per heavy atom. The predicted octanol–water partition coefficient (Wildman–Crippen LogP) is 4.03. The van der Waals surface area contributed by atoms with Gasteiger partial charge in [0.05, 0.1) is 45.3 Å². The SMILES string of the molecule is COc1ccc(CC(=O)Nc2ccc(Nc3ccc(OC)cc3OC)nc2)cc1. The molecule has 0 bridgehead atoms. The van der Waals surface area contributed by atoms with Gasteiger partial charge in [0.15, 0.2) is 0 Å². The molecule has 0 radical (unpaired) electrons. The van der Waals surface area contributed by atoms with Crippen LogP contribution in [0.25, 0.3) is 0 Å². The predicted molar refractivity (Wildman–Crippen MR) is 112 cm³/mol.